The van der Waals surface area contributed by atoms with Crippen molar-refractivity contribution in [3.05, 3.63) is 60.3 Å². The fourth-order valence-corrected chi connectivity index (χ4v) is 6.23. The van der Waals surface area contributed by atoms with Crippen molar-refractivity contribution in [1.29, 1.82) is 0 Å². The molecular weight excluding hydrogens is 484 g/mol. The molecule has 2 aliphatic heterocycles. The minimum Gasteiger partial charge on any atom is -0.465 e. The van der Waals surface area contributed by atoms with Crippen LogP contribution < -0.4 is 4.74 Å². The maximum atomic E-state index is 10.5. The summed E-state index contributed by atoms with van der Waals surface area (Å²) in [6.07, 6.45) is 7.06. The van der Waals surface area contributed by atoms with E-state index in [1.165, 1.54) is 30.4 Å². The van der Waals surface area contributed by atoms with Gasteiger partial charge in [0.2, 0.25) is 0 Å². The Bertz CT molecular complexity index is 1400. The third kappa shape index (κ3) is 5.25. The van der Waals surface area contributed by atoms with E-state index in [4.69, 9.17) is 9.29 Å². The molecule has 4 heterocycles. The second-order valence-electron chi connectivity index (χ2n) is 9.17. The quantitative estimate of drug-likeness (QED) is 0.373. The van der Waals surface area contributed by atoms with Gasteiger partial charge in [0.25, 0.3) is 15.3 Å². The predicted octanol–water partition coefficient (Wildman–Crippen LogP) is 4.93. The highest BCUT2D eigenvalue weighted by atomic mass is 32.2. The molecule has 2 atom stereocenters. The van der Waals surface area contributed by atoms with Crippen LogP contribution in [0, 0.1) is 6.92 Å². The first-order valence-electron chi connectivity index (χ1n) is 11.6. The van der Waals surface area contributed by atoms with Gasteiger partial charge in [-0.3, -0.25) is 4.55 Å². The summed E-state index contributed by atoms with van der Waals surface area (Å²) in [5.74, 6) is 0. The van der Waals surface area contributed by atoms with Crippen LogP contribution in [-0.4, -0.2) is 58.3 Å². The number of H-pyrrole nitrogens is 1. The molecule has 10 heteroatoms. The lowest BCUT2D eigenvalue weighted by Gasteiger charge is -2.35. The van der Waals surface area contributed by atoms with E-state index in [0.29, 0.717) is 17.3 Å². The molecule has 2 N–H and O–H groups in total. The Kier molecular flexibility index (Phi) is 6.63. The van der Waals surface area contributed by atoms with Crippen LogP contribution in [0.5, 0.6) is 5.19 Å². The number of aromatic amines is 1. The van der Waals surface area contributed by atoms with Crippen LogP contribution in [0.15, 0.2) is 59.6 Å². The van der Waals surface area contributed by atoms with Gasteiger partial charge in [-0.2, -0.15) is 8.42 Å². The van der Waals surface area contributed by atoms with Crippen molar-refractivity contribution in [3.8, 4) is 15.8 Å². The molecule has 0 radical (unpaired) electrons. The third-order valence-electron chi connectivity index (χ3n) is 6.87. The van der Waals surface area contributed by atoms with Crippen molar-refractivity contribution >= 4 is 32.4 Å². The number of rotatable bonds is 4. The Morgan fingerprint density at radius 1 is 1.06 bits per heavy atom. The van der Waals surface area contributed by atoms with Gasteiger partial charge >= 0.3 is 0 Å². The fraction of sp³-hybridized carbons (Fsp3) is 0.360. The summed E-state index contributed by atoms with van der Waals surface area (Å²) in [6, 6.07) is 15.6. The number of piperidine rings is 1. The third-order valence-corrected chi connectivity index (χ3v) is 8.59. The van der Waals surface area contributed by atoms with Crippen LogP contribution >= 0.6 is 11.3 Å². The molecule has 6 rings (SSSR count). The zero-order valence-electron chi connectivity index (χ0n) is 19.6. The van der Waals surface area contributed by atoms with Crippen LogP contribution in [0.2, 0.25) is 0 Å². The van der Waals surface area contributed by atoms with E-state index in [1.807, 2.05) is 19.2 Å². The Hall–Kier alpha value is -2.79. The number of aryl methyl sites for hydroxylation is 1. The van der Waals surface area contributed by atoms with E-state index in [1.54, 1.807) is 23.5 Å². The number of fused-ring (bicyclic) bond motifs is 3. The minimum absolute atomic E-state index is 0.0666. The highest BCUT2D eigenvalue weighted by molar-refractivity contribution is 7.85. The largest absolute Gasteiger partial charge is 0.465 e. The molecule has 35 heavy (non-hydrogen) atoms. The molecule has 2 aromatic carbocycles. The standard InChI is InChI=1S/C18H20N4OS.C7H8O3S/c1-22-11-5-6-12(22)10-13(9-11)23-18-21-20-17(24-18)15-3-2-4-16-14(15)7-8-19-16;1-6-2-4-7(5-3-6)11(8,9)10/h2-4,7-8,11-13,19H,5-6,9-10H2,1H3;2-5H,1H3,(H,8,9,10). The molecule has 2 unspecified atom stereocenters. The van der Waals surface area contributed by atoms with Gasteiger partial charge in [0.15, 0.2) is 5.01 Å². The molecular formula is C25H28N4O4S2. The molecule has 2 saturated heterocycles. The first kappa shape index (κ1) is 23.9. The average Bonchev–Trinajstić information content (AvgIpc) is 3.52. The average molecular weight is 513 g/mol. The van der Waals surface area contributed by atoms with Crippen molar-refractivity contribution < 1.29 is 17.7 Å². The number of nitrogens with one attached hydrogen (secondary N) is 1. The van der Waals surface area contributed by atoms with Gasteiger partial charge < -0.3 is 14.6 Å². The van der Waals surface area contributed by atoms with Crippen molar-refractivity contribution in [3.63, 3.8) is 0 Å². The van der Waals surface area contributed by atoms with E-state index in [2.05, 4.69) is 45.3 Å². The monoisotopic (exact) mass is 512 g/mol. The predicted molar refractivity (Wildman–Crippen MR) is 136 cm³/mol. The minimum atomic E-state index is -4.02. The molecule has 8 nitrogen and oxygen atoms in total. The normalized spacial score (nSPS) is 22.1. The molecule has 0 amide bonds. The molecule has 184 valence electrons. The number of hydrogen-bond donors (Lipinski definition) is 2. The van der Waals surface area contributed by atoms with Gasteiger partial charge in [0.1, 0.15) is 6.10 Å². The molecule has 4 aromatic rings. The highest BCUT2D eigenvalue weighted by Gasteiger charge is 2.39. The zero-order valence-corrected chi connectivity index (χ0v) is 21.2. The smallest absolute Gasteiger partial charge is 0.294 e. The second-order valence-corrected chi connectivity index (χ2v) is 11.5. The number of hydrogen-bond acceptors (Lipinski definition) is 7. The van der Waals surface area contributed by atoms with E-state index in [-0.39, 0.29) is 11.0 Å². The SMILES string of the molecule is CN1C2CCC1CC(Oc1nnc(-c3cccc4[nH]ccc34)s1)C2.Cc1ccc(S(=O)(=O)O)cc1. The van der Waals surface area contributed by atoms with Gasteiger partial charge in [-0.15, -0.1) is 5.10 Å². The molecule has 0 aliphatic carbocycles. The van der Waals surface area contributed by atoms with Crippen molar-refractivity contribution in [2.45, 2.75) is 55.7 Å². The van der Waals surface area contributed by atoms with Crippen molar-refractivity contribution in [1.82, 2.24) is 20.1 Å². The Labute approximate surface area is 208 Å². The number of aromatic nitrogens is 3. The van der Waals surface area contributed by atoms with E-state index >= 15 is 0 Å². The number of ether oxygens (including phenoxy) is 1. The molecule has 2 aromatic heterocycles. The van der Waals surface area contributed by atoms with E-state index in [9.17, 15) is 8.42 Å². The zero-order chi connectivity index (χ0) is 24.6. The van der Waals surface area contributed by atoms with Crippen LogP contribution in [0.25, 0.3) is 21.5 Å². The lowest BCUT2D eigenvalue weighted by Crippen LogP contribution is -2.43. The molecule has 2 fully saturated rings. The summed E-state index contributed by atoms with van der Waals surface area (Å²) in [5.41, 5.74) is 3.19. The van der Waals surface area contributed by atoms with Crippen LogP contribution in [0.4, 0.5) is 0 Å². The van der Waals surface area contributed by atoms with Gasteiger partial charge in [0, 0.05) is 34.7 Å². The van der Waals surface area contributed by atoms with E-state index in [0.717, 1.165) is 34.5 Å². The maximum Gasteiger partial charge on any atom is 0.294 e. The second kappa shape index (κ2) is 9.69. The summed E-state index contributed by atoms with van der Waals surface area (Å²) < 4.78 is 35.7. The number of benzene rings is 2. The molecule has 0 saturated carbocycles. The van der Waals surface area contributed by atoms with Crippen LogP contribution in [-0.2, 0) is 10.1 Å². The van der Waals surface area contributed by atoms with Crippen molar-refractivity contribution in [2.24, 2.45) is 0 Å². The van der Waals surface area contributed by atoms with Gasteiger partial charge in [-0.05, 0) is 63.9 Å². The Morgan fingerprint density at radius 2 is 1.77 bits per heavy atom. The Morgan fingerprint density at radius 3 is 2.46 bits per heavy atom. The summed E-state index contributed by atoms with van der Waals surface area (Å²) in [5, 5.41) is 11.5. The van der Waals surface area contributed by atoms with Gasteiger partial charge in [-0.25, -0.2) is 0 Å². The Balaban J connectivity index is 0.000000195. The summed E-state index contributed by atoms with van der Waals surface area (Å²) in [4.78, 5) is 5.70. The van der Waals surface area contributed by atoms with Crippen LogP contribution in [0.3, 0.4) is 0 Å². The first-order valence-corrected chi connectivity index (χ1v) is 13.9. The molecule has 2 bridgehead atoms. The highest BCUT2D eigenvalue weighted by Crippen LogP contribution is 2.38. The summed E-state index contributed by atoms with van der Waals surface area (Å²) >= 11 is 1.55. The molecule has 0 spiro atoms. The fourth-order valence-electron chi connectivity index (χ4n) is 4.95. The van der Waals surface area contributed by atoms with Crippen molar-refractivity contribution in [2.75, 3.05) is 7.05 Å². The van der Waals surface area contributed by atoms with E-state index < -0.39 is 10.1 Å². The number of nitrogens with zero attached hydrogens (tertiary/aromatic N) is 3. The van der Waals surface area contributed by atoms with Gasteiger partial charge in [-0.1, -0.05) is 46.3 Å². The topological polar surface area (TPSA) is 108 Å². The summed E-state index contributed by atoms with van der Waals surface area (Å²) in [6.45, 7) is 1.84. The lowest BCUT2D eigenvalue weighted by molar-refractivity contribution is 0.0655. The first-order chi connectivity index (χ1) is 16.8. The lowest BCUT2D eigenvalue weighted by atomic mass is 10.0. The summed E-state index contributed by atoms with van der Waals surface area (Å²) in [7, 11) is -1.77. The van der Waals surface area contributed by atoms with Crippen LogP contribution in [0.1, 0.15) is 31.2 Å². The molecule has 2 aliphatic rings. The maximum absolute atomic E-state index is 10.5. The van der Waals surface area contributed by atoms with Gasteiger partial charge in [0.05, 0.1) is 4.90 Å².